The first-order valence-electron chi connectivity index (χ1n) is 11.7. The predicted molar refractivity (Wildman–Crippen MR) is 143 cm³/mol. The first kappa shape index (κ1) is 22.5. The van der Waals surface area contributed by atoms with E-state index in [0.29, 0.717) is 11.4 Å². The smallest absolute Gasteiger partial charge is 0.238 e. The third-order valence-electron chi connectivity index (χ3n) is 5.98. The van der Waals surface area contributed by atoms with Gasteiger partial charge < -0.3 is 15.2 Å². The van der Waals surface area contributed by atoms with Crippen LogP contribution in [-0.2, 0) is 4.79 Å². The topological polar surface area (TPSA) is 128 Å². The lowest BCUT2D eigenvalue weighted by Gasteiger charge is -2.10. The van der Waals surface area contributed by atoms with Crippen molar-refractivity contribution in [3.05, 3.63) is 73.6 Å². The van der Waals surface area contributed by atoms with Gasteiger partial charge in [0.05, 0.1) is 47.0 Å². The van der Waals surface area contributed by atoms with Crippen LogP contribution in [0.15, 0.2) is 73.6 Å². The van der Waals surface area contributed by atoms with Crippen molar-refractivity contribution in [2.24, 2.45) is 0 Å². The number of hydrogen-bond acceptors (Lipinski definition) is 7. The van der Waals surface area contributed by atoms with Gasteiger partial charge in [-0.15, -0.1) is 0 Å². The molecule has 0 aromatic carbocycles. The molecule has 37 heavy (non-hydrogen) atoms. The molecule has 182 valence electrons. The molecule has 0 atom stereocenters. The van der Waals surface area contributed by atoms with E-state index in [1.54, 1.807) is 31.0 Å². The monoisotopic (exact) mass is 489 g/mol. The summed E-state index contributed by atoms with van der Waals surface area (Å²) in [5.74, 6) is -0.107. The van der Waals surface area contributed by atoms with E-state index < -0.39 is 0 Å². The van der Waals surface area contributed by atoms with Crippen LogP contribution in [0.1, 0.15) is 0 Å². The molecule has 0 radical (unpaired) electrons. The summed E-state index contributed by atoms with van der Waals surface area (Å²) < 4.78 is 0. The summed E-state index contributed by atoms with van der Waals surface area (Å²) in [6, 6.07) is 11.7. The van der Waals surface area contributed by atoms with Crippen molar-refractivity contribution < 1.29 is 4.79 Å². The number of carbonyl (C=O) groups is 1. The van der Waals surface area contributed by atoms with Gasteiger partial charge in [-0.1, -0.05) is 0 Å². The highest BCUT2D eigenvalue weighted by Gasteiger charge is 2.16. The zero-order valence-corrected chi connectivity index (χ0v) is 20.2. The highest BCUT2D eigenvalue weighted by atomic mass is 16.2. The van der Waals surface area contributed by atoms with Crippen LogP contribution >= 0.6 is 0 Å². The van der Waals surface area contributed by atoms with E-state index in [1.807, 2.05) is 55.5 Å². The van der Waals surface area contributed by atoms with Crippen molar-refractivity contribution in [2.75, 3.05) is 26.0 Å². The van der Waals surface area contributed by atoms with Crippen molar-refractivity contribution in [3.8, 4) is 33.8 Å². The molecule has 0 fully saturated rings. The maximum atomic E-state index is 12.2. The molecular formula is C27H23N9O. The van der Waals surface area contributed by atoms with Crippen LogP contribution in [-0.4, -0.2) is 66.6 Å². The maximum absolute atomic E-state index is 12.2. The summed E-state index contributed by atoms with van der Waals surface area (Å²) in [4.78, 5) is 35.2. The Morgan fingerprint density at radius 1 is 0.919 bits per heavy atom. The molecule has 0 aliphatic carbocycles. The number of fused-ring (bicyclic) bond motifs is 2. The Labute approximate surface area is 211 Å². The van der Waals surface area contributed by atoms with Crippen LogP contribution in [0.2, 0.25) is 0 Å². The number of aromatic amines is 2. The summed E-state index contributed by atoms with van der Waals surface area (Å²) in [6.45, 7) is 0.287. The van der Waals surface area contributed by atoms with Gasteiger partial charge in [0.1, 0.15) is 11.2 Å². The molecule has 0 bridgehead atoms. The minimum Gasteiger partial charge on any atom is -0.352 e. The number of nitrogens with one attached hydrogen (secondary N) is 3. The van der Waals surface area contributed by atoms with Crippen molar-refractivity contribution in [1.29, 1.82) is 0 Å². The van der Waals surface area contributed by atoms with Gasteiger partial charge >= 0.3 is 0 Å². The van der Waals surface area contributed by atoms with E-state index in [0.717, 1.165) is 50.0 Å². The fourth-order valence-electron chi connectivity index (χ4n) is 4.32. The van der Waals surface area contributed by atoms with Crippen LogP contribution in [0.5, 0.6) is 0 Å². The number of likely N-dealkylation sites (N-methyl/N-ethyl adjacent to an activating group) is 1. The van der Waals surface area contributed by atoms with Crippen LogP contribution in [0.3, 0.4) is 0 Å². The standard InChI is InChI=1S/C27H23N9O/c1-36(2)15-25(37)31-18-9-17(11-29-12-18)21-3-4-22-26(33-21)27(35-34-22)23-10-19-20(13-30-14-24(19)32-23)16-5-7-28-8-6-16/h3-14,32H,15H2,1-2H3,(H,31,37)(H,34,35). The second-order valence-corrected chi connectivity index (χ2v) is 8.98. The van der Waals surface area contributed by atoms with Gasteiger partial charge in [-0.2, -0.15) is 5.10 Å². The maximum Gasteiger partial charge on any atom is 0.238 e. The summed E-state index contributed by atoms with van der Waals surface area (Å²) >= 11 is 0. The molecule has 0 spiro atoms. The van der Waals surface area contributed by atoms with Crippen LogP contribution in [0.4, 0.5) is 5.69 Å². The molecule has 6 aromatic rings. The second-order valence-electron chi connectivity index (χ2n) is 8.98. The molecule has 6 rings (SSSR count). The molecule has 6 aromatic heterocycles. The van der Waals surface area contributed by atoms with E-state index >= 15 is 0 Å². The van der Waals surface area contributed by atoms with Gasteiger partial charge in [-0.25, -0.2) is 4.98 Å². The fourth-order valence-corrected chi connectivity index (χ4v) is 4.32. The predicted octanol–water partition coefficient (Wildman–Crippen LogP) is 4.13. The van der Waals surface area contributed by atoms with Gasteiger partial charge in [0.25, 0.3) is 0 Å². The molecule has 10 heteroatoms. The second kappa shape index (κ2) is 9.25. The van der Waals surface area contributed by atoms with Gasteiger partial charge in [0.2, 0.25) is 5.91 Å². The molecule has 0 aliphatic heterocycles. The first-order valence-corrected chi connectivity index (χ1v) is 11.7. The van der Waals surface area contributed by atoms with Crippen molar-refractivity contribution in [3.63, 3.8) is 0 Å². The largest absolute Gasteiger partial charge is 0.352 e. The molecule has 0 aliphatic rings. The summed E-state index contributed by atoms with van der Waals surface area (Å²) in [5.41, 5.74) is 8.16. The molecule has 0 saturated heterocycles. The Balaban J connectivity index is 1.38. The quantitative estimate of drug-likeness (QED) is 0.321. The number of nitrogens with zero attached hydrogens (tertiary/aromatic N) is 6. The molecular weight excluding hydrogens is 466 g/mol. The third kappa shape index (κ3) is 4.41. The Morgan fingerprint density at radius 3 is 2.59 bits per heavy atom. The van der Waals surface area contributed by atoms with E-state index in [9.17, 15) is 4.79 Å². The SMILES string of the molecule is CN(C)CC(=O)Nc1cncc(-c2ccc3[nH]nc(-c4cc5c(-c6ccncc6)cncc5[nH]4)c3n2)c1. The Bertz CT molecular complexity index is 1740. The van der Waals surface area contributed by atoms with Crippen molar-refractivity contribution in [2.45, 2.75) is 0 Å². The summed E-state index contributed by atoms with van der Waals surface area (Å²) in [5, 5.41) is 11.6. The lowest BCUT2D eigenvalue weighted by atomic mass is 10.1. The summed E-state index contributed by atoms with van der Waals surface area (Å²) in [7, 11) is 3.69. The van der Waals surface area contributed by atoms with E-state index in [2.05, 4.69) is 41.5 Å². The van der Waals surface area contributed by atoms with Crippen LogP contribution < -0.4 is 5.32 Å². The lowest BCUT2D eigenvalue weighted by molar-refractivity contribution is -0.116. The average Bonchev–Trinajstić information content (AvgIpc) is 3.52. The van der Waals surface area contributed by atoms with Gasteiger partial charge in [0, 0.05) is 41.3 Å². The molecule has 3 N–H and O–H groups in total. The van der Waals surface area contributed by atoms with Crippen molar-refractivity contribution in [1.82, 2.24) is 40.0 Å². The summed E-state index contributed by atoms with van der Waals surface area (Å²) in [6.07, 6.45) is 10.5. The van der Waals surface area contributed by atoms with Gasteiger partial charge in [0.15, 0.2) is 0 Å². The number of amides is 1. The molecule has 0 saturated carbocycles. The number of aromatic nitrogens is 7. The number of pyridine rings is 4. The number of anilines is 1. The van der Waals surface area contributed by atoms with Gasteiger partial charge in [-0.3, -0.25) is 24.8 Å². The highest BCUT2D eigenvalue weighted by Crippen LogP contribution is 2.33. The Morgan fingerprint density at radius 2 is 1.76 bits per heavy atom. The number of hydrogen-bond donors (Lipinski definition) is 3. The Kier molecular flexibility index (Phi) is 5.62. The van der Waals surface area contributed by atoms with Gasteiger partial charge in [-0.05, 0) is 56.1 Å². The van der Waals surface area contributed by atoms with E-state index in [4.69, 9.17) is 4.98 Å². The number of carbonyl (C=O) groups excluding carboxylic acids is 1. The third-order valence-corrected chi connectivity index (χ3v) is 5.98. The van der Waals surface area contributed by atoms with Crippen molar-refractivity contribution >= 4 is 33.5 Å². The van der Waals surface area contributed by atoms with Crippen LogP contribution in [0.25, 0.3) is 55.7 Å². The first-order chi connectivity index (χ1) is 18.0. The van der Waals surface area contributed by atoms with Crippen LogP contribution in [0, 0.1) is 0 Å². The molecule has 6 heterocycles. The molecule has 10 nitrogen and oxygen atoms in total. The van der Waals surface area contributed by atoms with E-state index in [-0.39, 0.29) is 12.5 Å². The zero-order chi connectivity index (χ0) is 25.4. The Hall–Kier alpha value is -4.96. The molecule has 0 unspecified atom stereocenters. The average molecular weight is 490 g/mol. The minimum atomic E-state index is -0.107. The lowest BCUT2D eigenvalue weighted by Crippen LogP contribution is -2.27. The minimum absolute atomic E-state index is 0.107. The zero-order valence-electron chi connectivity index (χ0n) is 20.2. The molecule has 1 amide bonds. The fraction of sp³-hybridized carbons (Fsp3) is 0.111. The van der Waals surface area contributed by atoms with E-state index in [1.165, 1.54) is 0 Å². The normalized spacial score (nSPS) is 11.4. The number of rotatable bonds is 6. The highest BCUT2D eigenvalue weighted by molar-refractivity contribution is 6.00. The number of H-pyrrole nitrogens is 2.